The van der Waals surface area contributed by atoms with E-state index in [0.717, 1.165) is 25.7 Å². The standard InChI is InChI=1S/C14H28O6/c1-2-3-4-5-6-7-8-14(19)12(17)11(16)10(9-15)20-13(14)18/h10-13,15-19H,2-9H2,1H3/t10-,11-,12+,13?,14-/m1/s1. The van der Waals surface area contributed by atoms with Crippen LogP contribution in [0.25, 0.3) is 0 Å². The van der Waals surface area contributed by atoms with E-state index in [4.69, 9.17) is 9.84 Å². The predicted molar refractivity (Wildman–Crippen MR) is 72.9 cm³/mol. The fraction of sp³-hybridized carbons (Fsp3) is 1.00. The summed E-state index contributed by atoms with van der Waals surface area (Å²) in [7, 11) is 0. The Morgan fingerprint density at radius 1 is 1.00 bits per heavy atom. The van der Waals surface area contributed by atoms with Crippen LogP contribution in [0.15, 0.2) is 0 Å². The van der Waals surface area contributed by atoms with Crippen molar-refractivity contribution in [2.75, 3.05) is 6.61 Å². The molecule has 0 radical (unpaired) electrons. The lowest BCUT2D eigenvalue weighted by atomic mass is 9.82. The van der Waals surface area contributed by atoms with E-state index in [2.05, 4.69) is 6.92 Å². The number of hydrogen-bond donors (Lipinski definition) is 5. The van der Waals surface area contributed by atoms with Gasteiger partial charge in [0.15, 0.2) is 6.29 Å². The second kappa shape index (κ2) is 8.26. The van der Waals surface area contributed by atoms with Gasteiger partial charge in [-0.15, -0.1) is 0 Å². The molecule has 0 bridgehead atoms. The molecule has 1 fully saturated rings. The van der Waals surface area contributed by atoms with Gasteiger partial charge in [-0.2, -0.15) is 0 Å². The summed E-state index contributed by atoms with van der Waals surface area (Å²) in [5, 5.41) is 48.8. The highest BCUT2D eigenvalue weighted by Crippen LogP contribution is 2.33. The van der Waals surface area contributed by atoms with E-state index in [1.54, 1.807) is 0 Å². The topological polar surface area (TPSA) is 110 Å². The molecule has 6 nitrogen and oxygen atoms in total. The summed E-state index contributed by atoms with van der Waals surface area (Å²) in [4.78, 5) is 0. The Kier molecular flexibility index (Phi) is 7.36. The fourth-order valence-corrected chi connectivity index (χ4v) is 2.62. The van der Waals surface area contributed by atoms with Crippen LogP contribution in [-0.4, -0.2) is 62.3 Å². The Balaban J connectivity index is 2.45. The van der Waals surface area contributed by atoms with Crippen molar-refractivity contribution in [1.29, 1.82) is 0 Å². The minimum atomic E-state index is -1.88. The number of aliphatic hydroxyl groups is 5. The zero-order valence-electron chi connectivity index (χ0n) is 12.1. The average Bonchev–Trinajstić information content (AvgIpc) is 2.44. The third-order valence-corrected chi connectivity index (χ3v) is 4.06. The maximum Gasteiger partial charge on any atom is 0.186 e. The Morgan fingerprint density at radius 2 is 1.60 bits per heavy atom. The van der Waals surface area contributed by atoms with Gasteiger partial charge in [0.2, 0.25) is 0 Å². The zero-order valence-corrected chi connectivity index (χ0v) is 12.1. The van der Waals surface area contributed by atoms with E-state index >= 15 is 0 Å². The van der Waals surface area contributed by atoms with Crippen LogP contribution >= 0.6 is 0 Å². The smallest absolute Gasteiger partial charge is 0.186 e. The average molecular weight is 292 g/mol. The van der Waals surface area contributed by atoms with Crippen LogP contribution in [0, 0.1) is 0 Å². The largest absolute Gasteiger partial charge is 0.394 e. The predicted octanol–water partition coefficient (Wildman–Crippen LogP) is -0.101. The van der Waals surface area contributed by atoms with Crippen molar-refractivity contribution < 1.29 is 30.3 Å². The van der Waals surface area contributed by atoms with Crippen molar-refractivity contribution in [3.8, 4) is 0 Å². The SMILES string of the molecule is CCCCCCCC[C@]1(O)C(O)O[C@H](CO)[C@@H](O)[C@@H]1O. The van der Waals surface area contributed by atoms with E-state index in [1.807, 2.05) is 0 Å². The highest BCUT2D eigenvalue weighted by atomic mass is 16.6. The van der Waals surface area contributed by atoms with Crippen molar-refractivity contribution in [3.05, 3.63) is 0 Å². The summed E-state index contributed by atoms with van der Waals surface area (Å²) in [6.07, 6.45) is 0.557. The van der Waals surface area contributed by atoms with Gasteiger partial charge in [0.25, 0.3) is 0 Å². The number of hydrogen-bond acceptors (Lipinski definition) is 6. The molecule has 1 unspecified atom stereocenters. The molecule has 5 N–H and O–H groups in total. The Bertz CT molecular complexity index is 274. The molecule has 0 aromatic heterocycles. The second-order valence-electron chi connectivity index (χ2n) is 5.65. The van der Waals surface area contributed by atoms with Crippen molar-refractivity contribution in [2.24, 2.45) is 0 Å². The van der Waals surface area contributed by atoms with Gasteiger partial charge < -0.3 is 30.3 Å². The molecule has 1 aliphatic rings. The van der Waals surface area contributed by atoms with Gasteiger partial charge in [-0.3, -0.25) is 0 Å². The molecule has 120 valence electrons. The van der Waals surface area contributed by atoms with Crippen LogP contribution in [-0.2, 0) is 4.74 Å². The quantitative estimate of drug-likeness (QED) is 0.400. The summed E-state index contributed by atoms with van der Waals surface area (Å²) in [5.74, 6) is 0. The van der Waals surface area contributed by atoms with E-state index in [9.17, 15) is 20.4 Å². The summed E-state index contributed by atoms with van der Waals surface area (Å²) < 4.78 is 4.97. The van der Waals surface area contributed by atoms with Gasteiger partial charge in [-0.1, -0.05) is 45.4 Å². The minimum absolute atomic E-state index is 0.149. The van der Waals surface area contributed by atoms with Crippen LogP contribution < -0.4 is 0 Å². The molecule has 1 saturated heterocycles. The summed E-state index contributed by atoms with van der Waals surface area (Å²) in [6.45, 7) is 1.61. The molecule has 0 aromatic carbocycles. The lowest BCUT2D eigenvalue weighted by Crippen LogP contribution is -2.66. The molecule has 1 aliphatic heterocycles. The van der Waals surface area contributed by atoms with Crippen LogP contribution in [0.3, 0.4) is 0 Å². The second-order valence-corrected chi connectivity index (χ2v) is 5.65. The Hall–Kier alpha value is -0.240. The first kappa shape index (κ1) is 17.8. The first-order valence-electron chi connectivity index (χ1n) is 7.50. The molecule has 20 heavy (non-hydrogen) atoms. The monoisotopic (exact) mass is 292 g/mol. The molecule has 0 amide bonds. The van der Waals surface area contributed by atoms with Crippen LogP contribution in [0.2, 0.25) is 0 Å². The van der Waals surface area contributed by atoms with Gasteiger partial charge in [-0.25, -0.2) is 0 Å². The van der Waals surface area contributed by atoms with Gasteiger partial charge >= 0.3 is 0 Å². The maximum absolute atomic E-state index is 10.3. The van der Waals surface area contributed by atoms with Crippen molar-refractivity contribution in [3.63, 3.8) is 0 Å². The third-order valence-electron chi connectivity index (χ3n) is 4.06. The van der Waals surface area contributed by atoms with E-state index in [-0.39, 0.29) is 6.42 Å². The molecule has 0 aromatic rings. The molecule has 0 saturated carbocycles. The number of rotatable bonds is 8. The molecular formula is C14H28O6. The van der Waals surface area contributed by atoms with Crippen molar-refractivity contribution >= 4 is 0 Å². The van der Waals surface area contributed by atoms with Gasteiger partial charge in [0, 0.05) is 0 Å². The molecule has 5 atom stereocenters. The molecule has 0 aliphatic carbocycles. The van der Waals surface area contributed by atoms with Crippen molar-refractivity contribution in [2.45, 2.75) is 82.1 Å². The Morgan fingerprint density at radius 3 is 2.20 bits per heavy atom. The van der Waals surface area contributed by atoms with E-state index in [0.29, 0.717) is 6.42 Å². The number of unbranched alkanes of at least 4 members (excludes halogenated alkanes) is 5. The third kappa shape index (κ3) is 4.13. The summed E-state index contributed by atoms with van der Waals surface area (Å²) in [6, 6.07) is 0. The van der Waals surface area contributed by atoms with Crippen LogP contribution in [0.1, 0.15) is 51.9 Å². The molecule has 1 heterocycles. The van der Waals surface area contributed by atoms with Crippen LogP contribution in [0.5, 0.6) is 0 Å². The van der Waals surface area contributed by atoms with E-state index < -0.39 is 36.8 Å². The highest BCUT2D eigenvalue weighted by Gasteiger charge is 2.53. The minimum Gasteiger partial charge on any atom is -0.394 e. The van der Waals surface area contributed by atoms with E-state index in [1.165, 1.54) is 6.42 Å². The number of aliphatic hydroxyl groups excluding tert-OH is 4. The number of ether oxygens (including phenoxy) is 1. The van der Waals surface area contributed by atoms with Crippen LogP contribution in [0.4, 0.5) is 0 Å². The lowest BCUT2D eigenvalue weighted by molar-refractivity contribution is -0.331. The van der Waals surface area contributed by atoms with Gasteiger partial charge in [-0.05, 0) is 6.42 Å². The zero-order chi connectivity index (χ0) is 15.2. The van der Waals surface area contributed by atoms with Gasteiger partial charge in [0.1, 0.15) is 23.9 Å². The van der Waals surface area contributed by atoms with Crippen molar-refractivity contribution in [1.82, 2.24) is 0 Å². The summed E-state index contributed by atoms with van der Waals surface area (Å²) in [5.41, 5.74) is -1.88. The normalized spacial score (nSPS) is 38.1. The fourth-order valence-electron chi connectivity index (χ4n) is 2.62. The Labute approximate surface area is 120 Å². The highest BCUT2D eigenvalue weighted by molar-refractivity contribution is 4.99. The lowest BCUT2D eigenvalue weighted by Gasteiger charge is -2.46. The first-order chi connectivity index (χ1) is 9.47. The molecule has 1 rings (SSSR count). The molecule has 6 heteroatoms. The molecule has 0 spiro atoms. The van der Waals surface area contributed by atoms with Gasteiger partial charge in [0.05, 0.1) is 6.61 Å². The summed E-state index contributed by atoms with van der Waals surface area (Å²) >= 11 is 0. The molecular weight excluding hydrogens is 264 g/mol. The maximum atomic E-state index is 10.3. The first-order valence-corrected chi connectivity index (χ1v) is 7.50.